The number of hydrogen-bond acceptors (Lipinski definition) is 4. The first kappa shape index (κ1) is 20.6. The molecule has 6 rings (SSSR count). The van der Waals surface area contributed by atoms with Crippen molar-refractivity contribution >= 4 is 60.9 Å². The number of methoxy groups -OCH3 is 1. The van der Waals surface area contributed by atoms with Gasteiger partial charge in [-0.3, -0.25) is 19.3 Å². The van der Waals surface area contributed by atoms with Crippen LogP contribution in [0.1, 0.15) is 46.4 Å². The molecule has 0 spiro atoms. The molecule has 0 aromatic heterocycles. The van der Waals surface area contributed by atoms with Crippen LogP contribution in [0.15, 0.2) is 60.7 Å². The minimum Gasteiger partial charge on any atom is -0.469 e. The predicted molar refractivity (Wildman–Crippen MR) is 134 cm³/mol. The van der Waals surface area contributed by atoms with Crippen molar-refractivity contribution in [2.24, 2.45) is 0 Å². The summed E-state index contributed by atoms with van der Waals surface area (Å²) in [5, 5.41) is 8.55. The van der Waals surface area contributed by atoms with Gasteiger partial charge in [0.15, 0.2) is 0 Å². The van der Waals surface area contributed by atoms with E-state index in [1.165, 1.54) is 22.8 Å². The van der Waals surface area contributed by atoms with Crippen LogP contribution < -0.4 is 0 Å². The van der Waals surface area contributed by atoms with Crippen LogP contribution in [-0.2, 0) is 9.53 Å². The third-order valence-corrected chi connectivity index (χ3v) is 7.09. The van der Waals surface area contributed by atoms with E-state index in [4.69, 9.17) is 0 Å². The number of hydrogen-bond donors (Lipinski definition) is 0. The number of ether oxygens (including phenoxy) is 1. The van der Waals surface area contributed by atoms with Crippen LogP contribution >= 0.6 is 0 Å². The molecule has 1 aliphatic rings. The number of nitrogens with zero attached hydrogens (tertiary/aromatic N) is 1. The van der Waals surface area contributed by atoms with E-state index in [0.29, 0.717) is 36.9 Å². The predicted octanol–water partition coefficient (Wildman–Crippen LogP) is 6.07. The number of benzene rings is 5. The Kier molecular flexibility index (Phi) is 4.73. The Morgan fingerprint density at radius 3 is 1.88 bits per heavy atom. The largest absolute Gasteiger partial charge is 0.469 e. The summed E-state index contributed by atoms with van der Waals surface area (Å²) in [6.07, 6.45) is 2.42. The number of rotatable bonds is 6. The van der Waals surface area contributed by atoms with Crippen molar-refractivity contribution in [2.75, 3.05) is 13.7 Å². The lowest BCUT2D eigenvalue weighted by molar-refractivity contribution is -0.140. The zero-order chi connectivity index (χ0) is 23.4. The maximum Gasteiger partial charge on any atom is 0.305 e. The lowest BCUT2D eigenvalue weighted by Gasteiger charge is -2.28. The van der Waals surface area contributed by atoms with Crippen molar-refractivity contribution < 1.29 is 19.1 Å². The van der Waals surface area contributed by atoms with Gasteiger partial charge in [-0.15, -0.1) is 0 Å². The number of unbranched alkanes of at least 4 members (excludes halogenated alkanes) is 2. The standard InChI is InChI=1S/C29H23NO4/c1-34-24(31)11-3-2-4-16-30-28(32)22-14-12-20-18-9-5-7-17-8-6-10-19(25(17)18)21-13-15-23(29(30)33)27(22)26(20)21/h5-10,12-15H,2-4,11,16H2,1H3. The summed E-state index contributed by atoms with van der Waals surface area (Å²) in [7, 11) is 1.38. The third kappa shape index (κ3) is 2.90. The maximum absolute atomic E-state index is 13.4. The fraction of sp³-hybridized carbons (Fsp3) is 0.207. The second kappa shape index (κ2) is 7.80. The Morgan fingerprint density at radius 2 is 1.29 bits per heavy atom. The highest BCUT2D eigenvalue weighted by molar-refractivity contribution is 6.38. The van der Waals surface area contributed by atoms with Gasteiger partial charge in [-0.2, -0.15) is 0 Å². The Balaban J connectivity index is 1.45. The van der Waals surface area contributed by atoms with Crippen molar-refractivity contribution in [2.45, 2.75) is 25.7 Å². The zero-order valence-corrected chi connectivity index (χ0v) is 18.9. The van der Waals surface area contributed by atoms with Crippen LogP contribution in [-0.4, -0.2) is 36.3 Å². The monoisotopic (exact) mass is 449 g/mol. The minimum absolute atomic E-state index is 0.240. The highest BCUT2D eigenvalue weighted by Crippen LogP contribution is 2.43. The average Bonchev–Trinajstić information content (AvgIpc) is 2.87. The first-order valence-electron chi connectivity index (χ1n) is 11.7. The molecule has 0 unspecified atom stereocenters. The number of imide groups is 1. The zero-order valence-electron chi connectivity index (χ0n) is 18.9. The Hall–Kier alpha value is -3.99. The van der Waals surface area contributed by atoms with Gasteiger partial charge < -0.3 is 4.74 Å². The number of esters is 1. The number of amides is 2. The molecular formula is C29H23NO4. The van der Waals surface area contributed by atoms with Gasteiger partial charge in [0.05, 0.1) is 7.11 Å². The summed E-state index contributed by atoms with van der Waals surface area (Å²) in [6, 6.07) is 20.4. The van der Waals surface area contributed by atoms with Crippen molar-refractivity contribution in [3.63, 3.8) is 0 Å². The molecule has 168 valence electrons. The molecule has 0 atom stereocenters. The van der Waals surface area contributed by atoms with Crippen molar-refractivity contribution in [1.29, 1.82) is 0 Å². The average molecular weight is 450 g/mol. The summed E-state index contributed by atoms with van der Waals surface area (Å²) in [5.74, 6) is -0.728. The van der Waals surface area contributed by atoms with E-state index in [9.17, 15) is 14.4 Å². The van der Waals surface area contributed by atoms with Crippen molar-refractivity contribution in [3.8, 4) is 0 Å². The first-order chi connectivity index (χ1) is 16.6. The molecule has 5 aromatic carbocycles. The molecule has 0 aliphatic carbocycles. The fourth-order valence-electron chi connectivity index (χ4n) is 5.49. The van der Waals surface area contributed by atoms with Gasteiger partial charge in [-0.05, 0) is 62.7 Å². The Bertz CT molecular complexity index is 1530. The molecule has 0 N–H and O–H groups in total. The Morgan fingerprint density at radius 1 is 0.706 bits per heavy atom. The van der Waals surface area contributed by atoms with Gasteiger partial charge in [0, 0.05) is 29.5 Å². The molecule has 5 heteroatoms. The smallest absolute Gasteiger partial charge is 0.305 e. The number of carbonyl (C=O) groups is 3. The van der Waals surface area contributed by atoms with Gasteiger partial charge >= 0.3 is 5.97 Å². The first-order valence-corrected chi connectivity index (χ1v) is 11.7. The van der Waals surface area contributed by atoms with Crippen LogP contribution in [0.2, 0.25) is 0 Å². The summed E-state index contributed by atoms with van der Waals surface area (Å²) in [5.41, 5.74) is 1.16. The Labute approximate surface area is 196 Å². The molecule has 0 fully saturated rings. The molecule has 2 amide bonds. The summed E-state index contributed by atoms with van der Waals surface area (Å²) in [6.45, 7) is 0.339. The normalized spacial score (nSPS) is 13.6. The van der Waals surface area contributed by atoms with E-state index in [0.717, 1.165) is 38.7 Å². The van der Waals surface area contributed by atoms with Gasteiger partial charge in [0.1, 0.15) is 0 Å². The van der Waals surface area contributed by atoms with Crippen LogP contribution in [0, 0.1) is 0 Å². The van der Waals surface area contributed by atoms with Gasteiger partial charge in [0.25, 0.3) is 11.8 Å². The second-order valence-corrected chi connectivity index (χ2v) is 8.93. The van der Waals surface area contributed by atoms with Crippen LogP contribution in [0.4, 0.5) is 0 Å². The van der Waals surface area contributed by atoms with Crippen molar-refractivity contribution in [3.05, 3.63) is 71.8 Å². The third-order valence-electron chi connectivity index (χ3n) is 7.09. The number of fused-ring (bicyclic) bond motifs is 2. The van der Waals surface area contributed by atoms with Gasteiger partial charge in [0.2, 0.25) is 0 Å². The maximum atomic E-state index is 13.4. The van der Waals surface area contributed by atoms with Gasteiger partial charge in [-0.1, -0.05) is 55.0 Å². The van der Waals surface area contributed by atoms with Gasteiger partial charge in [-0.25, -0.2) is 0 Å². The summed E-state index contributed by atoms with van der Waals surface area (Å²) < 4.78 is 4.67. The van der Waals surface area contributed by atoms with E-state index in [1.807, 2.05) is 24.3 Å². The van der Waals surface area contributed by atoms with Crippen LogP contribution in [0.25, 0.3) is 43.1 Å². The molecule has 5 aromatic rings. The lowest BCUT2D eigenvalue weighted by Crippen LogP contribution is -2.40. The number of carbonyl (C=O) groups excluding carboxylic acids is 3. The van der Waals surface area contributed by atoms with Crippen LogP contribution in [0.5, 0.6) is 0 Å². The molecule has 0 radical (unpaired) electrons. The van der Waals surface area contributed by atoms with E-state index in [1.54, 1.807) is 0 Å². The summed E-state index contributed by atoms with van der Waals surface area (Å²) >= 11 is 0. The van der Waals surface area contributed by atoms with E-state index in [-0.39, 0.29) is 17.8 Å². The highest BCUT2D eigenvalue weighted by atomic mass is 16.5. The molecule has 0 saturated heterocycles. The van der Waals surface area contributed by atoms with E-state index < -0.39 is 0 Å². The van der Waals surface area contributed by atoms with Crippen molar-refractivity contribution in [1.82, 2.24) is 4.90 Å². The van der Waals surface area contributed by atoms with E-state index >= 15 is 0 Å². The topological polar surface area (TPSA) is 63.7 Å². The minimum atomic E-state index is -0.244. The molecule has 1 heterocycles. The highest BCUT2D eigenvalue weighted by Gasteiger charge is 2.33. The molecular weight excluding hydrogens is 426 g/mol. The molecule has 0 bridgehead atoms. The molecule has 1 aliphatic heterocycles. The SMILES string of the molecule is COC(=O)CCCCCN1C(=O)c2ccc3c4cccc5cccc(c6ccc(c2c36)C1=O)c54. The quantitative estimate of drug-likeness (QED) is 0.104. The lowest BCUT2D eigenvalue weighted by atomic mass is 9.85. The van der Waals surface area contributed by atoms with Crippen LogP contribution in [0.3, 0.4) is 0 Å². The molecule has 0 saturated carbocycles. The van der Waals surface area contributed by atoms with E-state index in [2.05, 4.69) is 41.1 Å². The summed E-state index contributed by atoms with van der Waals surface area (Å²) in [4.78, 5) is 39.5. The molecule has 5 nitrogen and oxygen atoms in total. The second-order valence-electron chi connectivity index (χ2n) is 8.93. The fourth-order valence-corrected chi connectivity index (χ4v) is 5.49. The molecule has 34 heavy (non-hydrogen) atoms.